The Kier molecular flexibility index (Phi) is 4.72. The number of methoxy groups -OCH3 is 1. The SMILES string of the molecule is CO[C@H](c1ccc(F)cc1)[C@H](c1ccccc1)N1CCCC1=O. The quantitative estimate of drug-likeness (QED) is 0.838. The molecule has 2 aromatic carbocycles. The van der Waals surface area contributed by atoms with Crippen LogP contribution in [0.3, 0.4) is 0 Å². The van der Waals surface area contributed by atoms with Crippen molar-refractivity contribution in [2.75, 3.05) is 13.7 Å². The normalized spacial score (nSPS) is 17.3. The lowest BCUT2D eigenvalue weighted by atomic mass is 9.94. The Labute approximate surface area is 135 Å². The number of halogens is 1. The summed E-state index contributed by atoms with van der Waals surface area (Å²) >= 11 is 0. The van der Waals surface area contributed by atoms with Gasteiger partial charge in [0, 0.05) is 20.1 Å². The van der Waals surface area contributed by atoms with Crippen molar-refractivity contribution in [1.82, 2.24) is 4.90 Å². The Bertz CT molecular complexity index is 657. The zero-order valence-corrected chi connectivity index (χ0v) is 13.1. The van der Waals surface area contributed by atoms with Crippen molar-refractivity contribution in [2.24, 2.45) is 0 Å². The Balaban J connectivity index is 2.02. The summed E-state index contributed by atoms with van der Waals surface area (Å²) in [5.74, 6) is -0.139. The molecule has 0 aliphatic carbocycles. The van der Waals surface area contributed by atoms with E-state index in [1.54, 1.807) is 19.2 Å². The van der Waals surface area contributed by atoms with Crippen LogP contribution in [-0.2, 0) is 9.53 Å². The first-order valence-corrected chi connectivity index (χ1v) is 7.83. The molecule has 1 aliphatic rings. The van der Waals surface area contributed by atoms with Gasteiger partial charge in [-0.05, 0) is 29.7 Å². The van der Waals surface area contributed by atoms with Crippen LogP contribution >= 0.6 is 0 Å². The second kappa shape index (κ2) is 6.92. The van der Waals surface area contributed by atoms with Crippen LogP contribution in [0.5, 0.6) is 0 Å². The monoisotopic (exact) mass is 313 g/mol. The van der Waals surface area contributed by atoms with Crippen LogP contribution in [0.25, 0.3) is 0 Å². The summed E-state index contributed by atoms with van der Waals surface area (Å²) in [4.78, 5) is 14.2. The van der Waals surface area contributed by atoms with Gasteiger partial charge in [-0.15, -0.1) is 0 Å². The van der Waals surface area contributed by atoms with Gasteiger partial charge in [0.2, 0.25) is 5.91 Å². The molecule has 120 valence electrons. The number of ether oxygens (including phenoxy) is 1. The van der Waals surface area contributed by atoms with E-state index in [2.05, 4.69) is 0 Å². The Hall–Kier alpha value is -2.20. The molecule has 4 heteroatoms. The molecule has 1 heterocycles. The van der Waals surface area contributed by atoms with Gasteiger partial charge < -0.3 is 9.64 Å². The number of hydrogen-bond donors (Lipinski definition) is 0. The van der Waals surface area contributed by atoms with E-state index in [1.165, 1.54) is 12.1 Å². The van der Waals surface area contributed by atoms with E-state index < -0.39 is 0 Å². The van der Waals surface area contributed by atoms with Crippen molar-refractivity contribution >= 4 is 5.91 Å². The molecule has 3 nitrogen and oxygen atoms in total. The molecule has 0 bridgehead atoms. The maximum atomic E-state index is 13.2. The van der Waals surface area contributed by atoms with Gasteiger partial charge in [0.05, 0.1) is 6.04 Å². The molecule has 0 spiro atoms. The third-order valence-electron chi connectivity index (χ3n) is 4.33. The van der Waals surface area contributed by atoms with Gasteiger partial charge in [-0.1, -0.05) is 42.5 Å². The lowest BCUT2D eigenvalue weighted by Crippen LogP contribution is -2.34. The summed E-state index contributed by atoms with van der Waals surface area (Å²) in [7, 11) is 1.63. The summed E-state index contributed by atoms with van der Waals surface area (Å²) in [5.41, 5.74) is 1.89. The fraction of sp³-hybridized carbons (Fsp3) is 0.316. The number of amides is 1. The first kappa shape index (κ1) is 15.7. The van der Waals surface area contributed by atoms with Gasteiger partial charge >= 0.3 is 0 Å². The summed E-state index contributed by atoms with van der Waals surface area (Å²) < 4.78 is 19.0. The minimum atomic E-state index is -0.333. The van der Waals surface area contributed by atoms with Gasteiger partial charge in [0.1, 0.15) is 11.9 Å². The van der Waals surface area contributed by atoms with Crippen molar-refractivity contribution < 1.29 is 13.9 Å². The van der Waals surface area contributed by atoms with Crippen LogP contribution in [-0.4, -0.2) is 24.5 Å². The number of likely N-dealkylation sites (tertiary alicyclic amines) is 1. The molecular formula is C19H20FNO2. The van der Waals surface area contributed by atoms with E-state index in [0.717, 1.165) is 24.1 Å². The van der Waals surface area contributed by atoms with E-state index in [-0.39, 0.29) is 23.9 Å². The van der Waals surface area contributed by atoms with Gasteiger partial charge in [-0.2, -0.15) is 0 Å². The van der Waals surface area contributed by atoms with Crippen LogP contribution < -0.4 is 0 Å². The number of nitrogens with zero attached hydrogens (tertiary/aromatic N) is 1. The zero-order chi connectivity index (χ0) is 16.2. The molecule has 1 amide bonds. The molecule has 0 saturated carbocycles. The van der Waals surface area contributed by atoms with Crippen LogP contribution in [0.2, 0.25) is 0 Å². The molecular weight excluding hydrogens is 293 g/mol. The highest BCUT2D eigenvalue weighted by molar-refractivity contribution is 5.78. The average molecular weight is 313 g/mol. The molecule has 2 atom stereocenters. The molecule has 3 rings (SSSR count). The van der Waals surface area contributed by atoms with Crippen molar-refractivity contribution in [3.63, 3.8) is 0 Å². The lowest BCUT2D eigenvalue weighted by Gasteiger charge is -2.34. The Morgan fingerprint density at radius 1 is 1.04 bits per heavy atom. The van der Waals surface area contributed by atoms with Crippen molar-refractivity contribution in [3.05, 3.63) is 71.5 Å². The van der Waals surface area contributed by atoms with Crippen LogP contribution in [0, 0.1) is 5.82 Å². The molecule has 0 N–H and O–H groups in total. The highest BCUT2D eigenvalue weighted by atomic mass is 19.1. The second-order valence-corrected chi connectivity index (χ2v) is 5.75. The fourth-order valence-electron chi connectivity index (χ4n) is 3.23. The van der Waals surface area contributed by atoms with E-state index in [4.69, 9.17) is 4.74 Å². The first-order valence-electron chi connectivity index (χ1n) is 7.83. The number of carbonyl (C=O) groups excluding carboxylic acids is 1. The minimum Gasteiger partial charge on any atom is -0.374 e. The van der Waals surface area contributed by atoms with Crippen molar-refractivity contribution in [3.8, 4) is 0 Å². The predicted octanol–water partition coefficient (Wildman–Crippen LogP) is 3.88. The van der Waals surface area contributed by atoms with Gasteiger partial charge in [-0.25, -0.2) is 4.39 Å². The van der Waals surface area contributed by atoms with Crippen LogP contribution in [0.4, 0.5) is 4.39 Å². The molecule has 0 unspecified atom stereocenters. The summed E-state index contributed by atoms with van der Waals surface area (Å²) in [6, 6.07) is 16.0. The fourth-order valence-corrected chi connectivity index (χ4v) is 3.23. The number of carbonyl (C=O) groups is 1. The summed E-state index contributed by atoms with van der Waals surface area (Å²) in [6.45, 7) is 0.722. The maximum absolute atomic E-state index is 13.2. The molecule has 0 radical (unpaired) electrons. The number of hydrogen-bond acceptors (Lipinski definition) is 2. The van der Waals surface area contributed by atoms with Crippen LogP contribution in [0.15, 0.2) is 54.6 Å². The predicted molar refractivity (Wildman–Crippen MR) is 86.3 cm³/mol. The molecule has 2 aromatic rings. The third-order valence-corrected chi connectivity index (χ3v) is 4.33. The summed E-state index contributed by atoms with van der Waals surface area (Å²) in [6.07, 6.45) is 1.10. The summed E-state index contributed by atoms with van der Waals surface area (Å²) in [5, 5.41) is 0. The van der Waals surface area contributed by atoms with E-state index in [1.807, 2.05) is 35.2 Å². The minimum absolute atomic E-state index is 0.142. The van der Waals surface area contributed by atoms with Crippen LogP contribution in [0.1, 0.15) is 36.1 Å². The third kappa shape index (κ3) is 3.27. The standard InChI is InChI=1S/C19H20FNO2/c1-23-19(15-9-11-16(20)12-10-15)18(14-6-3-2-4-7-14)21-13-5-8-17(21)22/h2-4,6-7,9-12,18-19H,5,8,13H2,1H3/t18-,19+/m0/s1. The van der Waals surface area contributed by atoms with E-state index in [9.17, 15) is 9.18 Å². The van der Waals surface area contributed by atoms with Gasteiger partial charge in [0.15, 0.2) is 0 Å². The molecule has 1 fully saturated rings. The molecule has 1 saturated heterocycles. The van der Waals surface area contributed by atoms with E-state index >= 15 is 0 Å². The molecule has 0 aromatic heterocycles. The number of rotatable bonds is 5. The topological polar surface area (TPSA) is 29.5 Å². The van der Waals surface area contributed by atoms with Gasteiger partial charge in [-0.3, -0.25) is 4.79 Å². The Morgan fingerprint density at radius 3 is 2.30 bits per heavy atom. The lowest BCUT2D eigenvalue weighted by molar-refractivity contribution is -0.133. The smallest absolute Gasteiger partial charge is 0.223 e. The largest absolute Gasteiger partial charge is 0.374 e. The second-order valence-electron chi connectivity index (χ2n) is 5.75. The molecule has 1 aliphatic heterocycles. The highest BCUT2D eigenvalue weighted by Crippen LogP contribution is 2.38. The first-order chi connectivity index (χ1) is 11.2. The van der Waals surface area contributed by atoms with Gasteiger partial charge in [0.25, 0.3) is 0 Å². The maximum Gasteiger partial charge on any atom is 0.223 e. The Morgan fingerprint density at radius 2 is 1.74 bits per heavy atom. The highest BCUT2D eigenvalue weighted by Gasteiger charge is 2.35. The molecule has 23 heavy (non-hydrogen) atoms. The van der Waals surface area contributed by atoms with Crippen molar-refractivity contribution in [2.45, 2.75) is 25.0 Å². The van der Waals surface area contributed by atoms with Crippen molar-refractivity contribution in [1.29, 1.82) is 0 Å². The average Bonchev–Trinajstić information content (AvgIpc) is 3.00. The van der Waals surface area contributed by atoms with E-state index in [0.29, 0.717) is 6.42 Å². The number of benzene rings is 2. The zero-order valence-electron chi connectivity index (χ0n) is 13.1.